The number of rotatable bonds is 4. The van der Waals surface area contributed by atoms with Crippen LogP contribution < -0.4 is 5.43 Å². The minimum atomic E-state index is -0.139. The van der Waals surface area contributed by atoms with Gasteiger partial charge in [0.1, 0.15) is 5.02 Å². The van der Waals surface area contributed by atoms with Crippen molar-refractivity contribution in [1.82, 2.24) is 9.88 Å². The molecule has 29 heavy (non-hydrogen) atoms. The quantitative estimate of drug-likeness (QED) is 0.530. The van der Waals surface area contributed by atoms with E-state index in [1.807, 2.05) is 42.5 Å². The number of pyridine rings is 1. The van der Waals surface area contributed by atoms with Gasteiger partial charge in [-0.1, -0.05) is 35.6 Å². The zero-order valence-electron chi connectivity index (χ0n) is 16.9. The van der Waals surface area contributed by atoms with Crippen LogP contribution in [0.4, 0.5) is 0 Å². The number of hydrogen-bond donors (Lipinski definition) is 1. The average Bonchev–Trinajstić information content (AvgIpc) is 3.06. The van der Waals surface area contributed by atoms with Crippen LogP contribution >= 0.6 is 35.3 Å². The van der Waals surface area contributed by atoms with Gasteiger partial charge in [-0.3, -0.25) is 9.69 Å². The van der Waals surface area contributed by atoms with Gasteiger partial charge >= 0.3 is 0 Å². The summed E-state index contributed by atoms with van der Waals surface area (Å²) in [6, 6.07) is 12.0. The Morgan fingerprint density at radius 3 is 2.38 bits per heavy atom. The Kier molecular flexibility index (Phi) is 8.13. The fourth-order valence-electron chi connectivity index (χ4n) is 3.09. The fraction of sp³-hybridized carbons (Fsp3) is 0.261. The maximum atomic E-state index is 12.5. The summed E-state index contributed by atoms with van der Waals surface area (Å²) >= 11 is 7.95. The number of H-pyrrole nitrogens is 1. The molecule has 0 radical (unpaired) electrons. The number of aromatic nitrogens is 1. The van der Waals surface area contributed by atoms with Gasteiger partial charge in [0, 0.05) is 38.8 Å². The van der Waals surface area contributed by atoms with Crippen molar-refractivity contribution in [3.63, 3.8) is 0 Å². The summed E-state index contributed by atoms with van der Waals surface area (Å²) in [5.41, 5.74) is 3.75. The molecule has 0 saturated carbocycles. The largest absolute Gasteiger partial charge is 0.361 e. The van der Waals surface area contributed by atoms with E-state index in [9.17, 15) is 4.79 Å². The van der Waals surface area contributed by atoms with Gasteiger partial charge in [0.25, 0.3) is 0 Å². The van der Waals surface area contributed by atoms with Crippen molar-refractivity contribution < 1.29 is 0 Å². The maximum Gasteiger partial charge on any atom is 0.208 e. The number of thiophene rings is 1. The highest BCUT2D eigenvalue weighted by atomic mass is 35.5. The molecule has 0 saturated heterocycles. The van der Waals surface area contributed by atoms with Gasteiger partial charge in [0.05, 0.1) is 6.54 Å². The molecule has 1 N–H and O–H groups in total. The van der Waals surface area contributed by atoms with E-state index >= 15 is 0 Å². The van der Waals surface area contributed by atoms with Crippen LogP contribution in [0.25, 0.3) is 11.1 Å². The third-order valence-corrected chi connectivity index (χ3v) is 5.92. The lowest BCUT2D eigenvalue weighted by molar-refractivity contribution is 0.372. The molecule has 0 aliphatic heterocycles. The first-order valence-electron chi connectivity index (χ1n) is 9.07. The second kappa shape index (κ2) is 10.1. The Morgan fingerprint density at radius 1 is 1.07 bits per heavy atom. The van der Waals surface area contributed by atoms with Gasteiger partial charge in [-0.2, -0.15) is 0 Å². The molecule has 3 nitrogen and oxygen atoms in total. The normalized spacial score (nSPS) is 10.4. The van der Waals surface area contributed by atoms with Crippen molar-refractivity contribution >= 4 is 35.3 Å². The molecule has 0 atom stereocenters. The predicted molar refractivity (Wildman–Crippen MR) is 126 cm³/mol. The monoisotopic (exact) mass is 446 g/mol. The van der Waals surface area contributed by atoms with E-state index in [0.29, 0.717) is 17.8 Å². The van der Waals surface area contributed by atoms with Crippen molar-refractivity contribution in [2.24, 2.45) is 0 Å². The summed E-state index contributed by atoms with van der Waals surface area (Å²) in [7, 11) is 2.07. The van der Waals surface area contributed by atoms with Crippen LogP contribution in [0.2, 0.25) is 5.02 Å². The molecular formula is C23H24Cl2N2OS. The van der Waals surface area contributed by atoms with Gasteiger partial charge in [0.2, 0.25) is 5.43 Å². The first-order valence-corrected chi connectivity index (χ1v) is 10.3. The lowest BCUT2D eigenvalue weighted by Crippen LogP contribution is -2.17. The Bertz CT molecular complexity index is 1100. The number of aromatic amines is 1. The number of hydrogen-bond acceptors (Lipinski definition) is 3. The first-order chi connectivity index (χ1) is 13.3. The third kappa shape index (κ3) is 5.74. The van der Waals surface area contributed by atoms with Crippen LogP contribution in [0, 0.1) is 32.6 Å². The standard InChI is InChI=1S/C23H23ClN2OS.ClH/c1-15-7-12-20(28-15)14-26(4)13-5-6-18-8-10-19(11-9-18)21-16(2)25-17(3)22(24)23(21)27;/h7-12H,13-14H2,1-4H3,(H,25,27);1H. The number of aryl methyl sites for hydroxylation is 3. The summed E-state index contributed by atoms with van der Waals surface area (Å²) in [6.07, 6.45) is 0. The zero-order chi connectivity index (χ0) is 20.3. The van der Waals surface area contributed by atoms with Gasteiger partial charge in [-0.25, -0.2) is 0 Å². The Morgan fingerprint density at radius 2 is 1.76 bits per heavy atom. The summed E-state index contributed by atoms with van der Waals surface area (Å²) in [5, 5.41) is 0.244. The lowest BCUT2D eigenvalue weighted by Gasteiger charge is -2.11. The Balaban J connectivity index is 0.00000300. The van der Waals surface area contributed by atoms with Crippen molar-refractivity contribution in [3.05, 3.63) is 78.3 Å². The van der Waals surface area contributed by atoms with E-state index in [2.05, 4.69) is 47.8 Å². The highest BCUT2D eigenvalue weighted by molar-refractivity contribution is 7.11. The summed E-state index contributed by atoms with van der Waals surface area (Å²) < 4.78 is 0. The topological polar surface area (TPSA) is 36.1 Å². The molecule has 0 aliphatic carbocycles. The zero-order valence-corrected chi connectivity index (χ0v) is 19.3. The molecule has 0 amide bonds. The van der Waals surface area contributed by atoms with Crippen molar-refractivity contribution in [2.45, 2.75) is 27.3 Å². The molecule has 0 fully saturated rings. The van der Waals surface area contributed by atoms with Gasteiger partial charge in [-0.15, -0.1) is 23.7 Å². The molecular weight excluding hydrogens is 423 g/mol. The first kappa shape index (κ1) is 23.3. The van der Waals surface area contributed by atoms with E-state index in [1.165, 1.54) is 9.75 Å². The molecule has 1 aromatic carbocycles. The lowest BCUT2D eigenvalue weighted by atomic mass is 10.0. The molecule has 0 spiro atoms. The number of nitrogens with one attached hydrogen (secondary N) is 1. The van der Waals surface area contributed by atoms with Crippen LogP contribution in [0.3, 0.4) is 0 Å². The van der Waals surface area contributed by atoms with Gasteiger partial charge in [-0.05, 0) is 57.6 Å². The molecule has 3 rings (SSSR count). The van der Waals surface area contributed by atoms with Crippen LogP contribution in [0.15, 0.2) is 41.2 Å². The minimum Gasteiger partial charge on any atom is -0.361 e. The van der Waals surface area contributed by atoms with E-state index < -0.39 is 0 Å². The number of benzene rings is 1. The predicted octanol–water partition coefficient (Wildman–Crippen LogP) is 5.59. The maximum absolute atomic E-state index is 12.5. The Labute approximate surface area is 187 Å². The fourth-order valence-corrected chi connectivity index (χ4v) is 4.20. The summed E-state index contributed by atoms with van der Waals surface area (Å²) in [5.74, 6) is 6.41. The summed E-state index contributed by atoms with van der Waals surface area (Å²) in [4.78, 5) is 20.6. The van der Waals surface area contributed by atoms with E-state index in [0.717, 1.165) is 23.4 Å². The molecule has 0 unspecified atom stereocenters. The van der Waals surface area contributed by atoms with Crippen molar-refractivity contribution in [1.29, 1.82) is 0 Å². The third-order valence-electron chi connectivity index (χ3n) is 4.48. The number of halogens is 2. The molecule has 2 aromatic heterocycles. The second-order valence-electron chi connectivity index (χ2n) is 6.96. The van der Waals surface area contributed by atoms with Gasteiger partial charge in [0.15, 0.2) is 0 Å². The van der Waals surface area contributed by atoms with Gasteiger partial charge < -0.3 is 4.98 Å². The second-order valence-corrected chi connectivity index (χ2v) is 8.71. The van der Waals surface area contributed by atoms with E-state index in [4.69, 9.17) is 11.6 Å². The van der Waals surface area contributed by atoms with Crippen molar-refractivity contribution in [3.8, 4) is 23.0 Å². The molecule has 6 heteroatoms. The minimum absolute atomic E-state index is 0. The number of nitrogens with zero attached hydrogens (tertiary/aromatic N) is 1. The average molecular weight is 447 g/mol. The molecule has 152 valence electrons. The molecule has 3 aromatic rings. The highest BCUT2D eigenvalue weighted by Gasteiger charge is 2.12. The van der Waals surface area contributed by atoms with Crippen LogP contribution in [0.1, 0.15) is 26.7 Å². The van der Waals surface area contributed by atoms with E-state index in [1.54, 1.807) is 6.92 Å². The van der Waals surface area contributed by atoms with E-state index in [-0.39, 0.29) is 22.9 Å². The van der Waals surface area contributed by atoms with Crippen LogP contribution in [-0.4, -0.2) is 23.5 Å². The molecule has 2 heterocycles. The molecule has 0 bridgehead atoms. The van der Waals surface area contributed by atoms with Crippen molar-refractivity contribution in [2.75, 3.05) is 13.6 Å². The van der Waals surface area contributed by atoms with Crippen LogP contribution in [0.5, 0.6) is 0 Å². The van der Waals surface area contributed by atoms with Crippen LogP contribution in [-0.2, 0) is 6.54 Å². The highest BCUT2D eigenvalue weighted by Crippen LogP contribution is 2.22. The SMILES string of the molecule is Cc1ccc(CN(C)CC#Cc2ccc(-c3c(C)[nH]c(C)c(Cl)c3=O)cc2)s1.Cl. The molecule has 0 aliphatic rings. The Hall–Kier alpha value is -2.03. The smallest absolute Gasteiger partial charge is 0.208 e. The summed E-state index contributed by atoms with van der Waals surface area (Å²) in [6.45, 7) is 7.42.